The molecule has 0 unspecified atom stereocenters. The molecular formula is C17H36IN3O. The van der Waals surface area contributed by atoms with Gasteiger partial charge in [0, 0.05) is 26.2 Å². The Bertz CT molecular complexity index is 267. The van der Waals surface area contributed by atoms with Gasteiger partial charge in [-0.3, -0.25) is 4.99 Å². The summed E-state index contributed by atoms with van der Waals surface area (Å²) in [4.78, 5) is 4.50. The summed E-state index contributed by atoms with van der Waals surface area (Å²) >= 11 is 0. The third-order valence-electron chi connectivity index (χ3n) is 3.86. The Labute approximate surface area is 154 Å². The molecule has 0 bridgehead atoms. The van der Waals surface area contributed by atoms with Crippen molar-refractivity contribution in [3.8, 4) is 0 Å². The molecule has 5 heteroatoms. The number of nitrogens with one attached hydrogen (secondary N) is 2. The maximum absolute atomic E-state index is 6.01. The molecule has 132 valence electrons. The summed E-state index contributed by atoms with van der Waals surface area (Å²) in [6.07, 6.45) is 11.9. The van der Waals surface area contributed by atoms with Crippen LogP contribution in [0.25, 0.3) is 0 Å². The van der Waals surface area contributed by atoms with Gasteiger partial charge in [0.25, 0.3) is 0 Å². The first-order valence-corrected chi connectivity index (χ1v) is 9.00. The molecule has 1 fully saturated rings. The van der Waals surface area contributed by atoms with Crippen LogP contribution in [-0.2, 0) is 4.74 Å². The van der Waals surface area contributed by atoms with Crippen LogP contribution in [0.3, 0.4) is 0 Å². The third-order valence-corrected chi connectivity index (χ3v) is 3.86. The lowest BCUT2D eigenvalue weighted by Gasteiger charge is -2.15. The molecule has 0 aromatic heterocycles. The van der Waals surface area contributed by atoms with Crippen LogP contribution in [0, 0.1) is 0 Å². The van der Waals surface area contributed by atoms with E-state index in [2.05, 4.69) is 29.5 Å². The standard InChI is InChI=1S/C17H35N3O.HI/c1-3-13-19-17(18-4-2)20-14-9-10-15-21-16-11-7-5-6-8-12-16;/h16H,3-15H2,1-2H3,(H2,18,19,20);1H. The van der Waals surface area contributed by atoms with E-state index in [1.807, 2.05) is 0 Å². The van der Waals surface area contributed by atoms with E-state index < -0.39 is 0 Å². The van der Waals surface area contributed by atoms with Crippen LogP contribution in [0.2, 0.25) is 0 Å². The molecule has 0 aromatic carbocycles. The molecule has 1 rings (SSSR count). The van der Waals surface area contributed by atoms with E-state index in [9.17, 15) is 0 Å². The van der Waals surface area contributed by atoms with Crippen molar-refractivity contribution in [2.75, 3.05) is 26.2 Å². The predicted octanol–water partition coefficient (Wildman–Crippen LogP) is 4.09. The predicted molar refractivity (Wildman–Crippen MR) is 106 cm³/mol. The van der Waals surface area contributed by atoms with Crippen molar-refractivity contribution in [2.24, 2.45) is 4.99 Å². The highest BCUT2D eigenvalue weighted by atomic mass is 127. The van der Waals surface area contributed by atoms with Crippen molar-refractivity contribution in [1.82, 2.24) is 10.6 Å². The van der Waals surface area contributed by atoms with Crippen molar-refractivity contribution >= 4 is 29.9 Å². The Kier molecular flexibility index (Phi) is 15.8. The summed E-state index contributed by atoms with van der Waals surface area (Å²) < 4.78 is 6.01. The zero-order chi connectivity index (χ0) is 15.2. The number of rotatable bonds is 9. The Hall–Kier alpha value is -0.0400. The molecule has 1 aliphatic rings. The van der Waals surface area contributed by atoms with E-state index in [4.69, 9.17) is 4.74 Å². The van der Waals surface area contributed by atoms with Gasteiger partial charge in [0.2, 0.25) is 0 Å². The summed E-state index contributed by atoms with van der Waals surface area (Å²) in [6.45, 7) is 7.95. The second kappa shape index (κ2) is 15.8. The number of ether oxygens (including phenoxy) is 1. The smallest absolute Gasteiger partial charge is 0.191 e. The number of hydrogen-bond acceptors (Lipinski definition) is 2. The van der Waals surface area contributed by atoms with Crippen LogP contribution < -0.4 is 10.6 Å². The lowest BCUT2D eigenvalue weighted by Crippen LogP contribution is -2.37. The van der Waals surface area contributed by atoms with E-state index in [1.165, 1.54) is 38.5 Å². The highest BCUT2D eigenvalue weighted by Crippen LogP contribution is 2.19. The van der Waals surface area contributed by atoms with E-state index in [1.54, 1.807) is 0 Å². The van der Waals surface area contributed by atoms with Gasteiger partial charge >= 0.3 is 0 Å². The highest BCUT2D eigenvalue weighted by Gasteiger charge is 2.11. The molecule has 22 heavy (non-hydrogen) atoms. The molecular weight excluding hydrogens is 389 g/mol. The molecule has 0 aliphatic heterocycles. The van der Waals surface area contributed by atoms with Crippen LogP contribution in [0.15, 0.2) is 4.99 Å². The van der Waals surface area contributed by atoms with Crippen LogP contribution in [0.5, 0.6) is 0 Å². The fourth-order valence-corrected chi connectivity index (χ4v) is 2.66. The summed E-state index contributed by atoms with van der Waals surface area (Å²) in [5.74, 6) is 0.948. The Morgan fingerprint density at radius 2 is 1.77 bits per heavy atom. The molecule has 2 N–H and O–H groups in total. The number of hydrogen-bond donors (Lipinski definition) is 2. The summed E-state index contributed by atoms with van der Waals surface area (Å²) in [5.41, 5.74) is 0. The number of halogens is 1. The van der Waals surface area contributed by atoms with E-state index in [-0.39, 0.29) is 24.0 Å². The Balaban J connectivity index is 0.00000441. The van der Waals surface area contributed by atoms with Gasteiger partial charge in [-0.15, -0.1) is 24.0 Å². The molecule has 4 nitrogen and oxygen atoms in total. The fourth-order valence-electron chi connectivity index (χ4n) is 2.66. The fraction of sp³-hybridized carbons (Fsp3) is 0.941. The van der Waals surface area contributed by atoms with E-state index >= 15 is 0 Å². The SMILES string of the molecule is CCCN=C(NCC)NCCCCOC1CCCCCC1.I. The molecule has 0 aromatic rings. The minimum atomic E-state index is 0. The van der Waals surface area contributed by atoms with Gasteiger partial charge in [-0.25, -0.2) is 0 Å². The molecule has 0 amide bonds. The zero-order valence-corrected chi connectivity index (χ0v) is 16.9. The first-order valence-electron chi connectivity index (χ1n) is 9.00. The second-order valence-corrected chi connectivity index (χ2v) is 5.88. The lowest BCUT2D eigenvalue weighted by molar-refractivity contribution is 0.0411. The average molecular weight is 425 g/mol. The minimum Gasteiger partial charge on any atom is -0.378 e. The molecule has 1 saturated carbocycles. The normalized spacial score (nSPS) is 16.7. The van der Waals surface area contributed by atoms with Gasteiger partial charge in [0.05, 0.1) is 6.10 Å². The van der Waals surface area contributed by atoms with Crippen LogP contribution >= 0.6 is 24.0 Å². The number of unbranched alkanes of at least 4 members (excludes halogenated alkanes) is 1. The van der Waals surface area contributed by atoms with Gasteiger partial charge in [-0.05, 0) is 39.0 Å². The maximum atomic E-state index is 6.01. The van der Waals surface area contributed by atoms with Gasteiger partial charge < -0.3 is 15.4 Å². The molecule has 0 heterocycles. The molecule has 0 saturated heterocycles. The molecule has 0 spiro atoms. The molecule has 1 aliphatic carbocycles. The summed E-state index contributed by atoms with van der Waals surface area (Å²) in [7, 11) is 0. The molecule has 0 radical (unpaired) electrons. The lowest BCUT2D eigenvalue weighted by atomic mass is 10.1. The van der Waals surface area contributed by atoms with Gasteiger partial charge in [0.15, 0.2) is 5.96 Å². The highest BCUT2D eigenvalue weighted by molar-refractivity contribution is 14.0. The number of guanidine groups is 1. The van der Waals surface area contributed by atoms with Crippen molar-refractivity contribution in [3.05, 3.63) is 0 Å². The third kappa shape index (κ3) is 11.5. The topological polar surface area (TPSA) is 45.7 Å². The summed E-state index contributed by atoms with van der Waals surface area (Å²) in [5, 5.41) is 6.66. The Morgan fingerprint density at radius 1 is 1.05 bits per heavy atom. The zero-order valence-electron chi connectivity index (χ0n) is 14.5. The second-order valence-electron chi connectivity index (χ2n) is 5.88. The quantitative estimate of drug-likeness (QED) is 0.192. The maximum Gasteiger partial charge on any atom is 0.191 e. The van der Waals surface area contributed by atoms with Crippen LogP contribution in [0.1, 0.15) is 71.6 Å². The number of nitrogens with zero attached hydrogens (tertiary/aromatic N) is 1. The van der Waals surface area contributed by atoms with E-state index in [0.717, 1.165) is 51.5 Å². The van der Waals surface area contributed by atoms with Gasteiger partial charge in [-0.1, -0.05) is 32.6 Å². The number of aliphatic imine (C=N–C) groups is 1. The van der Waals surface area contributed by atoms with Crippen LogP contribution in [0.4, 0.5) is 0 Å². The molecule has 0 atom stereocenters. The first kappa shape index (κ1) is 22.0. The van der Waals surface area contributed by atoms with Gasteiger partial charge in [-0.2, -0.15) is 0 Å². The minimum absolute atomic E-state index is 0. The van der Waals surface area contributed by atoms with Crippen molar-refractivity contribution in [1.29, 1.82) is 0 Å². The van der Waals surface area contributed by atoms with Crippen LogP contribution in [-0.4, -0.2) is 38.3 Å². The summed E-state index contributed by atoms with van der Waals surface area (Å²) in [6, 6.07) is 0. The van der Waals surface area contributed by atoms with Crippen molar-refractivity contribution < 1.29 is 4.74 Å². The van der Waals surface area contributed by atoms with E-state index in [0.29, 0.717) is 6.10 Å². The van der Waals surface area contributed by atoms with Crippen molar-refractivity contribution in [3.63, 3.8) is 0 Å². The Morgan fingerprint density at radius 3 is 2.41 bits per heavy atom. The van der Waals surface area contributed by atoms with Crippen molar-refractivity contribution in [2.45, 2.75) is 77.7 Å². The monoisotopic (exact) mass is 425 g/mol. The first-order chi connectivity index (χ1) is 10.4. The average Bonchev–Trinajstić information content (AvgIpc) is 2.76. The largest absolute Gasteiger partial charge is 0.378 e. The van der Waals surface area contributed by atoms with Gasteiger partial charge in [0.1, 0.15) is 0 Å².